The van der Waals surface area contributed by atoms with Gasteiger partial charge in [0.2, 0.25) is 0 Å². The molecule has 3 rings (SSSR count). The number of hydrogen-bond acceptors (Lipinski definition) is 5. The van der Waals surface area contributed by atoms with Crippen LogP contribution in [-0.2, 0) is 14.3 Å². The van der Waals surface area contributed by atoms with Crippen molar-refractivity contribution in [2.24, 2.45) is 0 Å². The first-order valence-electron chi connectivity index (χ1n) is 9.15. The van der Waals surface area contributed by atoms with Crippen molar-refractivity contribution in [3.63, 3.8) is 0 Å². The number of hydrogen-bond donors (Lipinski definition) is 1. The molecule has 0 spiro atoms. The van der Waals surface area contributed by atoms with Crippen LogP contribution in [0.25, 0.3) is 10.9 Å². The first kappa shape index (κ1) is 21.9. The van der Waals surface area contributed by atoms with E-state index >= 15 is 0 Å². The number of anilines is 1. The minimum absolute atomic E-state index is 0.228. The van der Waals surface area contributed by atoms with E-state index in [1.165, 1.54) is 6.07 Å². The van der Waals surface area contributed by atoms with Crippen LogP contribution in [0.15, 0.2) is 36.4 Å². The number of halogens is 2. The van der Waals surface area contributed by atoms with E-state index in [-0.39, 0.29) is 10.8 Å². The molecule has 1 N–H and O–H groups in total. The summed E-state index contributed by atoms with van der Waals surface area (Å²) in [6, 6.07) is 10.7. The van der Waals surface area contributed by atoms with Gasteiger partial charge < -0.3 is 14.8 Å². The predicted molar refractivity (Wildman–Crippen MR) is 117 cm³/mol. The van der Waals surface area contributed by atoms with E-state index in [9.17, 15) is 9.59 Å². The zero-order chi connectivity index (χ0) is 21.8. The van der Waals surface area contributed by atoms with Crippen molar-refractivity contribution in [1.82, 2.24) is 4.98 Å². The highest BCUT2D eigenvalue weighted by Gasteiger charge is 2.16. The summed E-state index contributed by atoms with van der Waals surface area (Å²) < 4.78 is 10.5. The van der Waals surface area contributed by atoms with E-state index in [4.69, 9.17) is 32.7 Å². The Morgan fingerprint density at radius 2 is 1.73 bits per heavy atom. The Morgan fingerprint density at radius 3 is 2.47 bits per heavy atom. The molecule has 1 heterocycles. The van der Waals surface area contributed by atoms with Gasteiger partial charge in [0.05, 0.1) is 10.0 Å². The number of rotatable bonds is 6. The third-order valence-corrected chi connectivity index (χ3v) is 5.06. The molecular formula is C22H20Cl2N2O4. The number of carbonyl (C=O) groups excluding carboxylic acids is 2. The van der Waals surface area contributed by atoms with Gasteiger partial charge in [-0.2, -0.15) is 0 Å². The third-order valence-electron chi connectivity index (χ3n) is 4.47. The van der Waals surface area contributed by atoms with Crippen LogP contribution in [0.3, 0.4) is 0 Å². The Bertz CT molecular complexity index is 1130. The first-order valence-corrected chi connectivity index (χ1v) is 9.91. The maximum absolute atomic E-state index is 12.0. The lowest BCUT2D eigenvalue weighted by molar-refractivity contribution is -0.149. The Balaban J connectivity index is 1.59. The molecule has 156 valence electrons. The second-order valence-corrected chi connectivity index (χ2v) is 7.63. The zero-order valence-electron chi connectivity index (χ0n) is 16.7. The normalized spacial score (nSPS) is 10.7. The van der Waals surface area contributed by atoms with Gasteiger partial charge in [-0.15, -0.1) is 0 Å². The van der Waals surface area contributed by atoms with E-state index in [2.05, 4.69) is 10.3 Å². The molecule has 0 fully saturated rings. The van der Waals surface area contributed by atoms with E-state index in [0.29, 0.717) is 21.6 Å². The van der Waals surface area contributed by atoms with Gasteiger partial charge in [0.25, 0.3) is 5.91 Å². The van der Waals surface area contributed by atoms with Crippen molar-refractivity contribution in [3.8, 4) is 5.75 Å². The Kier molecular flexibility index (Phi) is 6.80. The molecule has 0 saturated carbocycles. The second kappa shape index (κ2) is 9.32. The van der Waals surface area contributed by atoms with Crippen LogP contribution in [0, 0.1) is 20.8 Å². The van der Waals surface area contributed by atoms with Crippen molar-refractivity contribution in [2.75, 3.05) is 18.5 Å². The third kappa shape index (κ3) is 5.20. The van der Waals surface area contributed by atoms with Gasteiger partial charge in [0, 0.05) is 16.8 Å². The summed E-state index contributed by atoms with van der Waals surface area (Å²) in [6.07, 6.45) is 0. The van der Waals surface area contributed by atoms with Crippen LogP contribution in [0.4, 0.5) is 5.69 Å². The number of nitrogens with one attached hydrogen (secondary N) is 1. The van der Waals surface area contributed by atoms with Gasteiger partial charge in [-0.05, 0) is 62.2 Å². The molecule has 1 aromatic heterocycles. The molecular weight excluding hydrogens is 427 g/mol. The smallest absolute Gasteiger partial charge is 0.344 e. The van der Waals surface area contributed by atoms with E-state index in [1.807, 2.05) is 39.0 Å². The summed E-state index contributed by atoms with van der Waals surface area (Å²) >= 11 is 12.4. The topological polar surface area (TPSA) is 77.5 Å². The number of amides is 1. The standard InChI is InChI=1S/C22H20Cl2N2O4/c1-12-4-6-15(8-13(12)2)26-19(27)10-29-20(28)11-30-22-18(24)9-17(23)16-7-5-14(3)25-21(16)22/h4-9H,10-11H2,1-3H3,(H,26,27). The van der Waals surface area contributed by atoms with Gasteiger partial charge >= 0.3 is 5.97 Å². The molecule has 6 nitrogen and oxygen atoms in total. The quantitative estimate of drug-likeness (QED) is 0.537. The van der Waals surface area contributed by atoms with Crippen LogP contribution in [0.5, 0.6) is 5.75 Å². The number of ether oxygens (including phenoxy) is 2. The minimum Gasteiger partial charge on any atom is -0.478 e. The fourth-order valence-electron chi connectivity index (χ4n) is 2.76. The number of nitrogens with zero attached hydrogens (tertiary/aromatic N) is 1. The number of esters is 1. The lowest BCUT2D eigenvalue weighted by atomic mass is 10.1. The number of pyridine rings is 1. The average Bonchev–Trinajstić information content (AvgIpc) is 2.68. The van der Waals surface area contributed by atoms with Gasteiger partial charge in [-0.3, -0.25) is 4.79 Å². The molecule has 0 radical (unpaired) electrons. The fraction of sp³-hybridized carbons (Fsp3) is 0.227. The van der Waals surface area contributed by atoms with Crippen molar-refractivity contribution in [2.45, 2.75) is 20.8 Å². The highest BCUT2D eigenvalue weighted by molar-refractivity contribution is 6.39. The van der Waals surface area contributed by atoms with Crippen molar-refractivity contribution < 1.29 is 19.1 Å². The molecule has 0 atom stereocenters. The van der Waals surface area contributed by atoms with Gasteiger partial charge in [0.15, 0.2) is 19.0 Å². The Hall–Kier alpha value is -2.83. The summed E-state index contributed by atoms with van der Waals surface area (Å²) in [7, 11) is 0. The van der Waals surface area contributed by atoms with Crippen molar-refractivity contribution in [1.29, 1.82) is 0 Å². The van der Waals surface area contributed by atoms with Crippen molar-refractivity contribution >= 4 is 51.7 Å². The van der Waals surface area contributed by atoms with Gasteiger partial charge in [-0.1, -0.05) is 29.3 Å². The van der Waals surface area contributed by atoms with E-state index in [0.717, 1.165) is 16.8 Å². The molecule has 3 aromatic rings. The number of aryl methyl sites for hydroxylation is 3. The maximum atomic E-state index is 12.0. The van der Waals surface area contributed by atoms with Crippen LogP contribution >= 0.6 is 23.2 Å². The lowest BCUT2D eigenvalue weighted by Crippen LogP contribution is -2.23. The number of benzene rings is 2. The number of carbonyl (C=O) groups is 2. The molecule has 1 amide bonds. The van der Waals surface area contributed by atoms with Crippen LogP contribution in [0.2, 0.25) is 10.0 Å². The lowest BCUT2D eigenvalue weighted by Gasteiger charge is -2.12. The van der Waals surface area contributed by atoms with Gasteiger partial charge in [-0.25, -0.2) is 9.78 Å². The summed E-state index contributed by atoms with van der Waals surface area (Å²) in [4.78, 5) is 28.5. The number of fused-ring (bicyclic) bond motifs is 1. The molecule has 0 bridgehead atoms. The molecule has 2 aromatic carbocycles. The summed E-state index contributed by atoms with van der Waals surface area (Å²) in [6.45, 7) is 4.89. The largest absolute Gasteiger partial charge is 0.478 e. The van der Waals surface area contributed by atoms with E-state index in [1.54, 1.807) is 12.1 Å². The number of aromatic nitrogens is 1. The zero-order valence-corrected chi connectivity index (χ0v) is 18.2. The maximum Gasteiger partial charge on any atom is 0.344 e. The van der Waals surface area contributed by atoms with Crippen LogP contribution < -0.4 is 10.1 Å². The van der Waals surface area contributed by atoms with Crippen LogP contribution in [0.1, 0.15) is 16.8 Å². The molecule has 0 unspecified atom stereocenters. The molecule has 0 aliphatic rings. The highest BCUT2D eigenvalue weighted by Crippen LogP contribution is 2.37. The molecule has 8 heteroatoms. The van der Waals surface area contributed by atoms with E-state index < -0.39 is 25.1 Å². The van der Waals surface area contributed by atoms with Crippen molar-refractivity contribution in [3.05, 3.63) is 63.3 Å². The average molecular weight is 447 g/mol. The summed E-state index contributed by atoms with van der Waals surface area (Å²) in [5, 5.41) is 4.00. The molecule has 30 heavy (non-hydrogen) atoms. The molecule has 0 aliphatic carbocycles. The van der Waals surface area contributed by atoms with Crippen LogP contribution in [-0.4, -0.2) is 30.1 Å². The summed E-state index contributed by atoms with van der Waals surface area (Å²) in [5.41, 5.74) is 4.00. The highest BCUT2D eigenvalue weighted by atomic mass is 35.5. The first-order chi connectivity index (χ1) is 14.2. The fourth-order valence-corrected chi connectivity index (χ4v) is 3.33. The predicted octanol–water partition coefficient (Wildman–Crippen LogP) is 5.03. The Labute approximate surface area is 184 Å². The second-order valence-electron chi connectivity index (χ2n) is 6.81. The SMILES string of the molecule is Cc1ccc2c(Cl)cc(Cl)c(OCC(=O)OCC(=O)Nc3ccc(C)c(C)c3)c2n1. The summed E-state index contributed by atoms with van der Waals surface area (Å²) in [5.74, 6) is -0.924. The minimum atomic E-state index is -0.711. The monoisotopic (exact) mass is 446 g/mol. The molecule has 0 aliphatic heterocycles. The Morgan fingerprint density at radius 1 is 0.967 bits per heavy atom. The molecule has 0 saturated heterocycles. The van der Waals surface area contributed by atoms with Gasteiger partial charge in [0.1, 0.15) is 5.52 Å².